The van der Waals surface area contributed by atoms with Gasteiger partial charge < -0.3 is 0 Å². The van der Waals surface area contributed by atoms with Gasteiger partial charge in [0.2, 0.25) is 5.69 Å². The number of nitrogens with zero attached hydrogens (tertiary/aromatic N) is 1. The number of benzene rings is 1. The monoisotopic (exact) mass is 382 g/mol. The Morgan fingerprint density at radius 2 is 1.59 bits per heavy atom. The molecule has 0 aliphatic carbocycles. The van der Waals surface area contributed by atoms with Crippen molar-refractivity contribution in [3.8, 4) is 11.3 Å². The van der Waals surface area contributed by atoms with Crippen LogP contribution in [0.5, 0.6) is 0 Å². The molecular formula is C25H40NSi+. The van der Waals surface area contributed by atoms with E-state index in [4.69, 9.17) is 0 Å². The van der Waals surface area contributed by atoms with Gasteiger partial charge in [0.15, 0.2) is 6.20 Å². The minimum absolute atomic E-state index is 0.165. The van der Waals surface area contributed by atoms with Crippen LogP contribution in [0.4, 0.5) is 0 Å². The molecule has 0 saturated carbocycles. The van der Waals surface area contributed by atoms with Crippen LogP contribution in [0.15, 0.2) is 30.5 Å². The molecule has 0 radical (unpaired) electrons. The van der Waals surface area contributed by atoms with Crippen LogP contribution >= 0.6 is 0 Å². The van der Waals surface area contributed by atoms with Crippen molar-refractivity contribution in [2.75, 3.05) is 0 Å². The molecule has 0 saturated heterocycles. The summed E-state index contributed by atoms with van der Waals surface area (Å²) in [6.45, 7) is 21.3. The Morgan fingerprint density at radius 1 is 1.00 bits per heavy atom. The third-order valence-corrected chi connectivity index (χ3v) is 7.91. The third-order valence-electron chi connectivity index (χ3n) is 5.88. The average Bonchev–Trinajstić information content (AvgIpc) is 2.55. The summed E-state index contributed by atoms with van der Waals surface area (Å²) >= 11 is 0. The highest BCUT2D eigenvalue weighted by Crippen LogP contribution is 2.30. The van der Waals surface area contributed by atoms with E-state index >= 15 is 0 Å². The zero-order chi connectivity index (χ0) is 20.6. The molecule has 2 aromatic rings. The fraction of sp³-hybridized carbons (Fsp3) is 0.560. The van der Waals surface area contributed by atoms with Gasteiger partial charge in [-0.15, -0.1) is 0 Å². The maximum absolute atomic E-state index is 2.51. The Labute approximate surface area is 168 Å². The van der Waals surface area contributed by atoms with Gasteiger partial charge in [0.05, 0.1) is 8.07 Å². The first kappa shape index (κ1) is 21.9. The summed E-state index contributed by atoms with van der Waals surface area (Å²) < 4.78 is 2.35. The maximum Gasteiger partial charge on any atom is 0.212 e. The molecule has 0 unspecified atom stereocenters. The predicted octanol–water partition coefficient (Wildman–Crippen LogP) is 6.23. The van der Waals surface area contributed by atoms with Crippen LogP contribution in [0, 0.1) is 6.92 Å². The Morgan fingerprint density at radius 3 is 2.07 bits per heavy atom. The van der Waals surface area contributed by atoms with Crippen LogP contribution in [-0.2, 0) is 12.5 Å². The van der Waals surface area contributed by atoms with Crippen molar-refractivity contribution < 1.29 is 4.57 Å². The topological polar surface area (TPSA) is 3.88 Å². The summed E-state index contributed by atoms with van der Waals surface area (Å²) in [5.74, 6) is 0.653. The van der Waals surface area contributed by atoms with Crippen molar-refractivity contribution in [2.45, 2.75) is 85.4 Å². The highest BCUT2D eigenvalue weighted by Gasteiger charge is 2.31. The normalized spacial score (nSPS) is 12.7. The molecule has 2 heteroatoms. The Kier molecular flexibility index (Phi) is 6.41. The van der Waals surface area contributed by atoms with E-state index in [-0.39, 0.29) is 5.41 Å². The van der Waals surface area contributed by atoms with Crippen LogP contribution in [0.1, 0.15) is 70.1 Å². The van der Waals surface area contributed by atoms with E-state index in [1.54, 1.807) is 5.19 Å². The standard InChI is InChI=1S/C25H40NSi/c1-11-19(12-2)20-14-13-18(3)21(15-20)23-16-24(27(8,9)10)22(17-26(23)7)25(4,5)6/h13-17,19H,11-12H2,1-10H3/q+1. The van der Waals surface area contributed by atoms with Crippen molar-refractivity contribution in [1.29, 1.82) is 0 Å². The van der Waals surface area contributed by atoms with Crippen molar-refractivity contribution in [1.82, 2.24) is 0 Å². The van der Waals surface area contributed by atoms with E-state index < -0.39 is 8.07 Å². The first-order valence-corrected chi connectivity index (χ1v) is 14.1. The van der Waals surface area contributed by atoms with Crippen LogP contribution in [0.3, 0.4) is 0 Å². The van der Waals surface area contributed by atoms with E-state index in [9.17, 15) is 0 Å². The second-order valence-electron chi connectivity index (χ2n) is 10.2. The summed E-state index contributed by atoms with van der Waals surface area (Å²) in [6, 6.07) is 9.60. The summed E-state index contributed by atoms with van der Waals surface area (Å²) in [5, 5.41) is 1.59. The SMILES string of the molecule is CCC(CC)c1ccc(C)c(-c2cc([Si](C)(C)C)c(C(C)(C)C)c[n+]2C)c1. The maximum atomic E-state index is 2.51. The van der Waals surface area contributed by atoms with Gasteiger partial charge in [-0.25, -0.2) is 4.57 Å². The summed E-state index contributed by atoms with van der Waals surface area (Å²) in [7, 11) is 0.755. The fourth-order valence-corrected chi connectivity index (χ4v) is 5.88. The molecule has 0 aliphatic heterocycles. The second kappa shape index (κ2) is 7.91. The number of aromatic nitrogens is 1. The molecule has 2 rings (SSSR count). The number of hydrogen-bond acceptors (Lipinski definition) is 0. The van der Waals surface area contributed by atoms with Gasteiger partial charge in [0, 0.05) is 17.2 Å². The highest BCUT2D eigenvalue weighted by molar-refractivity contribution is 6.89. The first-order chi connectivity index (χ1) is 12.4. The first-order valence-electron chi connectivity index (χ1n) is 10.6. The molecule has 0 N–H and O–H groups in total. The lowest BCUT2D eigenvalue weighted by molar-refractivity contribution is -0.660. The molecule has 0 amide bonds. The second-order valence-corrected chi connectivity index (χ2v) is 15.2. The summed E-state index contributed by atoms with van der Waals surface area (Å²) in [6.07, 6.45) is 4.80. The van der Waals surface area contributed by atoms with E-state index in [0.29, 0.717) is 5.92 Å². The third kappa shape index (κ3) is 4.71. The quantitative estimate of drug-likeness (QED) is 0.426. The van der Waals surface area contributed by atoms with Gasteiger partial charge in [-0.1, -0.05) is 66.4 Å². The summed E-state index contributed by atoms with van der Waals surface area (Å²) in [4.78, 5) is 0. The fourth-order valence-electron chi connectivity index (χ4n) is 4.06. The van der Waals surface area contributed by atoms with E-state index in [1.807, 2.05) is 0 Å². The van der Waals surface area contributed by atoms with Crippen LogP contribution in [0.25, 0.3) is 11.3 Å². The van der Waals surface area contributed by atoms with Crippen molar-refractivity contribution in [2.24, 2.45) is 7.05 Å². The van der Waals surface area contributed by atoms with Gasteiger partial charge in [0.1, 0.15) is 7.05 Å². The molecule has 148 valence electrons. The number of rotatable bonds is 5. The highest BCUT2D eigenvalue weighted by atomic mass is 28.3. The lowest BCUT2D eigenvalue weighted by Gasteiger charge is -2.28. The van der Waals surface area contributed by atoms with Gasteiger partial charge in [-0.2, -0.15) is 0 Å². The molecule has 0 bridgehead atoms. The number of aryl methyl sites for hydroxylation is 2. The zero-order valence-corrected chi connectivity index (χ0v) is 20.3. The average molecular weight is 383 g/mol. The van der Waals surface area contributed by atoms with Crippen molar-refractivity contribution in [3.63, 3.8) is 0 Å². The van der Waals surface area contributed by atoms with Crippen molar-refractivity contribution >= 4 is 13.3 Å². The number of pyridine rings is 1. The zero-order valence-electron chi connectivity index (χ0n) is 19.3. The minimum atomic E-state index is -1.45. The van der Waals surface area contributed by atoms with Gasteiger partial charge in [-0.3, -0.25) is 0 Å². The molecule has 0 atom stereocenters. The molecule has 27 heavy (non-hydrogen) atoms. The Bertz CT molecular complexity index is 802. The molecule has 1 aromatic carbocycles. The molecular weight excluding hydrogens is 342 g/mol. The van der Waals surface area contributed by atoms with Crippen molar-refractivity contribution in [3.05, 3.63) is 47.2 Å². The van der Waals surface area contributed by atoms with Crippen LogP contribution in [-0.4, -0.2) is 8.07 Å². The van der Waals surface area contributed by atoms with E-state index in [0.717, 1.165) is 0 Å². The Balaban J connectivity index is 2.75. The van der Waals surface area contributed by atoms with Crippen LogP contribution in [0.2, 0.25) is 19.6 Å². The molecule has 0 fully saturated rings. The molecule has 0 aliphatic rings. The van der Waals surface area contributed by atoms with E-state index in [2.05, 4.69) is 103 Å². The summed E-state index contributed by atoms with van der Waals surface area (Å²) in [5.41, 5.74) is 7.26. The van der Waals surface area contributed by atoms with Gasteiger partial charge in [0.25, 0.3) is 0 Å². The molecule has 1 aromatic heterocycles. The van der Waals surface area contributed by atoms with E-state index in [1.165, 1.54) is 40.8 Å². The minimum Gasteiger partial charge on any atom is -0.201 e. The van der Waals surface area contributed by atoms with Gasteiger partial charge in [-0.05, 0) is 53.5 Å². The molecule has 1 heterocycles. The molecule has 1 nitrogen and oxygen atoms in total. The molecule has 0 spiro atoms. The smallest absolute Gasteiger partial charge is 0.201 e. The largest absolute Gasteiger partial charge is 0.212 e. The predicted molar refractivity (Wildman–Crippen MR) is 123 cm³/mol. The lowest BCUT2D eigenvalue weighted by Crippen LogP contribution is -2.47. The lowest BCUT2D eigenvalue weighted by atomic mass is 9.87. The van der Waals surface area contributed by atoms with Gasteiger partial charge >= 0.3 is 0 Å². The Hall–Kier alpha value is -1.41. The van der Waals surface area contributed by atoms with Crippen LogP contribution < -0.4 is 9.75 Å². The number of hydrogen-bond donors (Lipinski definition) is 0.